The molecule has 0 amide bonds. The number of pyridine rings is 1. The highest BCUT2D eigenvalue weighted by Gasteiger charge is 2.03. The van der Waals surface area contributed by atoms with Gasteiger partial charge in [0, 0.05) is 17.8 Å². The van der Waals surface area contributed by atoms with Gasteiger partial charge >= 0.3 is 0 Å². The predicted octanol–water partition coefficient (Wildman–Crippen LogP) is 3.37. The molecular weight excluding hydrogens is 290 g/mol. The van der Waals surface area contributed by atoms with Gasteiger partial charge in [0.2, 0.25) is 0 Å². The second-order valence-electron chi connectivity index (χ2n) is 4.46. The number of aryl methyl sites for hydroxylation is 1. The minimum absolute atomic E-state index is 0.106. The van der Waals surface area contributed by atoms with Crippen molar-refractivity contribution in [3.63, 3.8) is 0 Å². The molecule has 4 nitrogen and oxygen atoms in total. The van der Waals surface area contributed by atoms with E-state index in [9.17, 15) is 4.79 Å². The molecule has 0 saturated heterocycles. The molecule has 2 rings (SSSR count). The number of rotatable bonds is 7. The van der Waals surface area contributed by atoms with Gasteiger partial charge in [-0.25, -0.2) is 0 Å². The van der Waals surface area contributed by atoms with Gasteiger partial charge in [-0.3, -0.25) is 4.79 Å². The van der Waals surface area contributed by atoms with Crippen LogP contribution in [0.2, 0.25) is 5.02 Å². The Kier molecular flexibility index (Phi) is 5.69. The molecule has 1 aromatic carbocycles. The third-order valence-electron chi connectivity index (χ3n) is 2.91. The van der Waals surface area contributed by atoms with Crippen molar-refractivity contribution >= 4 is 11.6 Å². The molecule has 0 unspecified atom stereocenters. The third kappa shape index (κ3) is 4.53. The molecule has 112 valence electrons. The minimum atomic E-state index is -0.106. The van der Waals surface area contributed by atoms with E-state index in [1.165, 1.54) is 0 Å². The molecular formula is C16H18ClNO3. The van der Waals surface area contributed by atoms with Crippen LogP contribution in [0.5, 0.6) is 11.5 Å². The van der Waals surface area contributed by atoms with Crippen LogP contribution in [0.4, 0.5) is 0 Å². The molecule has 0 fully saturated rings. The Morgan fingerprint density at radius 1 is 1.14 bits per heavy atom. The summed E-state index contributed by atoms with van der Waals surface area (Å²) < 4.78 is 12.5. The minimum Gasteiger partial charge on any atom is -0.494 e. The van der Waals surface area contributed by atoms with Gasteiger partial charge in [0.15, 0.2) is 5.75 Å². The van der Waals surface area contributed by atoms with E-state index in [1.807, 2.05) is 25.1 Å². The maximum atomic E-state index is 12.0. The van der Waals surface area contributed by atoms with Gasteiger partial charge in [-0.15, -0.1) is 0 Å². The number of hydrogen-bond donors (Lipinski definition) is 0. The van der Waals surface area contributed by atoms with Crippen LogP contribution < -0.4 is 15.0 Å². The molecule has 0 spiro atoms. The number of nitrogens with zero attached hydrogens (tertiary/aromatic N) is 1. The topological polar surface area (TPSA) is 40.5 Å². The number of halogens is 1. The van der Waals surface area contributed by atoms with E-state index in [1.54, 1.807) is 29.0 Å². The van der Waals surface area contributed by atoms with Crippen molar-refractivity contribution in [3.05, 3.63) is 58.0 Å². The molecule has 0 aliphatic rings. The van der Waals surface area contributed by atoms with Gasteiger partial charge < -0.3 is 14.0 Å². The average Bonchev–Trinajstić information content (AvgIpc) is 2.49. The highest BCUT2D eigenvalue weighted by molar-refractivity contribution is 6.30. The van der Waals surface area contributed by atoms with Gasteiger partial charge in [-0.2, -0.15) is 0 Å². The quantitative estimate of drug-likeness (QED) is 0.736. The van der Waals surface area contributed by atoms with Gasteiger partial charge in [0.05, 0.1) is 13.2 Å². The molecule has 0 atom stereocenters. The first-order chi connectivity index (χ1) is 10.2. The molecule has 1 aromatic heterocycles. The Balaban J connectivity index is 1.85. The molecule has 5 heteroatoms. The third-order valence-corrected chi connectivity index (χ3v) is 3.16. The SMILES string of the molecule is CCOc1cccn(CCCOc2ccc(Cl)cc2)c1=O. The summed E-state index contributed by atoms with van der Waals surface area (Å²) in [5.74, 6) is 1.16. The lowest BCUT2D eigenvalue weighted by Gasteiger charge is -2.09. The number of hydrogen-bond acceptors (Lipinski definition) is 3. The Labute approximate surface area is 128 Å². The summed E-state index contributed by atoms with van der Waals surface area (Å²) in [5, 5.41) is 0.682. The summed E-state index contributed by atoms with van der Waals surface area (Å²) in [6.45, 7) is 3.47. The molecule has 0 bridgehead atoms. The summed E-state index contributed by atoms with van der Waals surface area (Å²) in [6, 6.07) is 10.7. The Hall–Kier alpha value is -1.94. The lowest BCUT2D eigenvalue weighted by molar-refractivity contribution is 0.298. The van der Waals surface area contributed by atoms with E-state index >= 15 is 0 Å². The van der Waals surface area contributed by atoms with Crippen molar-refractivity contribution in [2.75, 3.05) is 13.2 Å². The van der Waals surface area contributed by atoms with Gasteiger partial charge in [-0.1, -0.05) is 11.6 Å². The van der Waals surface area contributed by atoms with E-state index in [2.05, 4.69) is 0 Å². The monoisotopic (exact) mass is 307 g/mol. The van der Waals surface area contributed by atoms with Gasteiger partial charge in [0.1, 0.15) is 5.75 Å². The lowest BCUT2D eigenvalue weighted by atomic mass is 10.3. The first kappa shape index (κ1) is 15.4. The zero-order chi connectivity index (χ0) is 15.1. The maximum absolute atomic E-state index is 12.0. The standard InChI is InChI=1S/C16H18ClNO3/c1-2-20-15-5-3-10-18(16(15)19)11-4-12-21-14-8-6-13(17)7-9-14/h3,5-10H,2,4,11-12H2,1H3. The van der Waals surface area contributed by atoms with Crippen molar-refractivity contribution < 1.29 is 9.47 Å². The first-order valence-electron chi connectivity index (χ1n) is 6.91. The molecule has 0 aliphatic heterocycles. The van der Waals surface area contributed by atoms with Crippen LogP contribution in [0, 0.1) is 0 Å². The Morgan fingerprint density at radius 2 is 1.90 bits per heavy atom. The predicted molar refractivity (Wildman–Crippen MR) is 83.4 cm³/mol. The second-order valence-corrected chi connectivity index (χ2v) is 4.90. The largest absolute Gasteiger partial charge is 0.494 e. The smallest absolute Gasteiger partial charge is 0.292 e. The van der Waals surface area contributed by atoms with Crippen molar-refractivity contribution in [1.82, 2.24) is 4.57 Å². The van der Waals surface area contributed by atoms with Crippen LogP contribution in [0.1, 0.15) is 13.3 Å². The maximum Gasteiger partial charge on any atom is 0.292 e. The summed E-state index contributed by atoms with van der Waals surface area (Å²) >= 11 is 5.81. The van der Waals surface area contributed by atoms with Crippen LogP contribution >= 0.6 is 11.6 Å². The lowest BCUT2D eigenvalue weighted by Crippen LogP contribution is -2.22. The Bertz CT molecular complexity index is 622. The van der Waals surface area contributed by atoms with Crippen LogP contribution in [0.3, 0.4) is 0 Å². The van der Waals surface area contributed by atoms with Gasteiger partial charge in [-0.05, 0) is 49.7 Å². The summed E-state index contributed by atoms with van der Waals surface area (Å²) in [7, 11) is 0. The number of ether oxygens (including phenoxy) is 2. The fourth-order valence-corrected chi connectivity index (χ4v) is 2.04. The van der Waals surface area contributed by atoms with E-state index in [0.717, 1.165) is 12.2 Å². The highest BCUT2D eigenvalue weighted by Crippen LogP contribution is 2.15. The van der Waals surface area contributed by atoms with Crippen molar-refractivity contribution in [1.29, 1.82) is 0 Å². The zero-order valence-electron chi connectivity index (χ0n) is 11.9. The fourth-order valence-electron chi connectivity index (χ4n) is 1.91. The summed E-state index contributed by atoms with van der Waals surface area (Å²) in [6.07, 6.45) is 2.49. The zero-order valence-corrected chi connectivity index (χ0v) is 12.7. The van der Waals surface area contributed by atoms with Crippen LogP contribution in [-0.4, -0.2) is 17.8 Å². The number of benzene rings is 1. The van der Waals surface area contributed by atoms with Crippen molar-refractivity contribution in [3.8, 4) is 11.5 Å². The van der Waals surface area contributed by atoms with E-state index in [0.29, 0.717) is 30.5 Å². The van der Waals surface area contributed by atoms with Crippen LogP contribution in [-0.2, 0) is 6.54 Å². The van der Waals surface area contributed by atoms with Gasteiger partial charge in [0.25, 0.3) is 5.56 Å². The van der Waals surface area contributed by atoms with Crippen molar-refractivity contribution in [2.24, 2.45) is 0 Å². The summed E-state index contributed by atoms with van der Waals surface area (Å²) in [5.41, 5.74) is -0.106. The summed E-state index contributed by atoms with van der Waals surface area (Å²) in [4.78, 5) is 12.0. The van der Waals surface area contributed by atoms with E-state index in [4.69, 9.17) is 21.1 Å². The van der Waals surface area contributed by atoms with E-state index in [-0.39, 0.29) is 5.56 Å². The molecule has 1 heterocycles. The molecule has 0 saturated carbocycles. The van der Waals surface area contributed by atoms with Crippen LogP contribution in [0.25, 0.3) is 0 Å². The molecule has 0 aliphatic carbocycles. The fraction of sp³-hybridized carbons (Fsp3) is 0.312. The second kappa shape index (κ2) is 7.74. The Morgan fingerprint density at radius 3 is 2.62 bits per heavy atom. The average molecular weight is 308 g/mol. The number of aromatic nitrogens is 1. The molecule has 21 heavy (non-hydrogen) atoms. The van der Waals surface area contributed by atoms with Crippen LogP contribution in [0.15, 0.2) is 47.4 Å². The molecule has 0 N–H and O–H groups in total. The highest BCUT2D eigenvalue weighted by atomic mass is 35.5. The normalized spacial score (nSPS) is 10.4. The first-order valence-corrected chi connectivity index (χ1v) is 7.29. The molecule has 2 aromatic rings. The molecule has 0 radical (unpaired) electrons. The van der Waals surface area contributed by atoms with Crippen molar-refractivity contribution in [2.45, 2.75) is 19.9 Å². The van der Waals surface area contributed by atoms with E-state index < -0.39 is 0 Å².